The van der Waals surface area contributed by atoms with E-state index in [1.54, 1.807) is 6.92 Å². The second-order valence-electron chi connectivity index (χ2n) is 13.9. The summed E-state index contributed by atoms with van der Waals surface area (Å²) >= 11 is 0. The highest BCUT2D eigenvalue weighted by Gasteiger charge is 2.56. The molecule has 23 heteroatoms. The van der Waals surface area contributed by atoms with E-state index in [1.807, 2.05) is 0 Å². The van der Waals surface area contributed by atoms with Crippen molar-refractivity contribution in [2.75, 3.05) is 26.4 Å². The summed E-state index contributed by atoms with van der Waals surface area (Å²) < 4.78 is 50.8. The van der Waals surface area contributed by atoms with Gasteiger partial charge in [0.15, 0.2) is 31.3 Å². The van der Waals surface area contributed by atoms with Gasteiger partial charge < -0.3 is 104 Å². The maximum atomic E-state index is 12.8. The first-order valence-electron chi connectivity index (χ1n) is 18.1. The van der Waals surface area contributed by atoms with Gasteiger partial charge in [0, 0.05) is 11.1 Å². The minimum atomic E-state index is -2.09. The van der Waals surface area contributed by atoms with Crippen molar-refractivity contribution in [2.45, 2.75) is 151 Å². The Morgan fingerprint density at radius 1 is 0.474 bits per heavy atom. The lowest BCUT2D eigenvalue weighted by atomic mass is 9.96. The highest BCUT2D eigenvalue weighted by molar-refractivity contribution is 5.88. The Bertz CT molecular complexity index is 1370. The van der Waals surface area contributed by atoms with Crippen LogP contribution in [0.5, 0.6) is 0 Å². The highest BCUT2D eigenvalue weighted by atomic mass is 16.8. The Morgan fingerprint density at radius 2 is 0.877 bits per heavy atom. The minimum Gasteiger partial charge on any atom is -0.459 e. The van der Waals surface area contributed by atoms with Gasteiger partial charge in [-0.2, -0.15) is 0 Å². The van der Waals surface area contributed by atoms with Crippen LogP contribution in [0.25, 0.3) is 0 Å². The molecule has 20 atom stereocenters. The van der Waals surface area contributed by atoms with E-state index in [9.17, 15) is 70.9 Å². The summed E-state index contributed by atoms with van der Waals surface area (Å²) in [5.41, 5.74) is 0.251. The number of hydrogen-bond acceptors (Lipinski definition) is 23. The molecule has 0 aliphatic carbocycles. The average Bonchev–Trinajstić information content (AvgIpc) is 3.20. The fourth-order valence-electron chi connectivity index (χ4n) is 6.26. The molecule has 4 fully saturated rings. The van der Waals surface area contributed by atoms with Crippen LogP contribution in [-0.2, 0) is 52.2 Å². The Balaban J connectivity index is 1.73. The second-order valence-corrected chi connectivity index (χ2v) is 13.9. The third kappa shape index (κ3) is 10.5. The predicted octanol–water partition coefficient (Wildman–Crippen LogP) is -6.71. The molecule has 12 N–H and O–H groups in total. The monoisotopic (exact) mass is 830 g/mol. The van der Waals surface area contributed by atoms with Crippen LogP contribution in [0.1, 0.15) is 27.7 Å². The average molecular weight is 831 g/mol. The molecule has 23 nitrogen and oxygen atoms in total. The van der Waals surface area contributed by atoms with Crippen molar-refractivity contribution in [3.63, 3.8) is 0 Å². The van der Waals surface area contributed by atoms with Gasteiger partial charge >= 0.3 is 11.9 Å². The Hall–Kier alpha value is -2.34. The van der Waals surface area contributed by atoms with Crippen LogP contribution >= 0.6 is 0 Å². The number of carbonyl (C=O) groups is 2. The molecule has 0 aromatic heterocycles. The lowest BCUT2D eigenvalue weighted by Crippen LogP contribution is -2.68. The van der Waals surface area contributed by atoms with Crippen LogP contribution in [0.4, 0.5) is 0 Å². The molecule has 4 aliphatic heterocycles. The molecule has 0 aromatic carbocycles. The molecule has 4 saturated heterocycles. The maximum Gasteiger partial charge on any atom is 0.333 e. The zero-order valence-electron chi connectivity index (χ0n) is 31.4. The number of aliphatic hydroxyl groups is 12. The van der Waals surface area contributed by atoms with Crippen LogP contribution in [0.15, 0.2) is 23.3 Å². The molecule has 0 unspecified atom stereocenters. The van der Waals surface area contributed by atoms with Crippen LogP contribution in [-0.4, -0.2) is 222 Å². The first-order chi connectivity index (χ1) is 26.9. The number of carbonyl (C=O) groups excluding carboxylic acids is 2. The molecule has 0 aromatic rings. The van der Waals surface area contributed by atoms with Crippen molar-refractivity contribution in [1.82, 2.24) is 0 Å². The first kappa shape index (κ1) is 47.3. The fraction of sp³-hybridized carbons (Fsp3) is 0.824. The molecule has 4 heterocycles. The van der Waals surface area contributed by atoms with Gasteiger partial charge in [0.2, 0.25) is 0 Å². The van der Waals surface area contributed by atoms with Crippen molar-refractivity contribution < 1.29 is 113 Å². The predicted molar refractivity (Wildman–Crippen MR) is 180 cm³/mol. The summed E-state index contributed by atoms with van der Waals surface area (Å²) in [6.07, 6.45) is -34.9. The van der Waals surface area contributed by atoms with Crippen LogP contribution in [0.2, 0.25) is 0 Å². The largest absolute Gasteiger partial charge is 0.459 e. The van der Waals surface area contributed by atoms with E-state index in [-0.39, 0.29) is 11.1 Å². The molecule has 4 aliphatic rings. The van der Waals surface area contributed by atoms with Crippen molar-refractivity contribution in [3.8, 4) is 0 Å². The van der Waals surface area contributed by atoms with Gasteiger partial charge in [-0.15, -0.1) is 0 Å². The molecule has 0 bridgehead atoms. The van der Waals surface area contributed by atoms with E-state index in [0.717, 1.165) is 0 Å². The van der Waals surface area contributed by atoms with Gasteiger partial charge in [-0.05, 0) is 27.7 Å². The standard InChI is InChI=1S/C34H54O23/c1-5-11(3)29(47)49-10-16-19(40)22(43)27(55-31-23(44)20(41)17(38)13(7-35)50-31)33(53-16)57-34-28(56-32-24(45)21(42)18(39)14(8-36)51-32)25(46)26(15(9-37)52-34)54-30(48)12(4)6-2/h5-6,13-28,31-46H,7-10H2,1-4H3/b11-5+,12-6+/t13-,14-,15-,16-,17-,18-,19-,20+,21+,22+,23-,24-,25+,26-,27-,28-,31+,32+,33-,34-/m0/s1. The number of hydrogen-bond donors (Lipinski definition) is 12. The van der Waals surface area contributed by atoms with Crippen LogP contribution in [0.3, 0.4) is 0 Å². The molecule has 0 amide bonds. The van der Waals surface area contributed by atoms with E-state index in [0.29, 0.717) is 0 Å². The normalized spacial score (nSPS) is 44.7. The molecule has 0 spiro atoms. The van der Waals surface area contributed by atoms with Crippen LogP contribution < -0.4 is 0 Å². The second kappa shape index (κ2) is 20.8. The topological polar surface area (TPSA) is 360 Å². The Morgan fingerprint density at radius 3 is 1.33 bits per heavy atom. The van der Waals surface area contributed by atoms with Gasteiger partial charge in [0.05, 0.1) is 19.8 Å². The van der Waals surface area contributed by atoms with E-state index < -0.39 is 161 Å². The van der Waals surface area contributed by atoms with Gasteiger partial charge in [-0.25, -0.2) is 9.59 Å². The summed E-state index contributed by atoms with van der Waals surface area (Å²) in [4.78, 5) is 25.2. The third-order valence-electron chi connectivity index (χ3n) is 10.1. The molecular weight excluding hydrogens is 776 g/mol. The number of rotatable bonds is 14. The van der Waals surface area contributed by atoms with Crippen molar-refractivity contribution >= 4 is 11.9 Å². The fourth-order valence-corrected chi connectivity index (χ4v) is 6.26. The van der Waals surface area contributed by atoms with Crippen molar-refractivity contribution in [2.24, 2.45) is 0 Å². The van der Waals surface area contributed by atoms with E-state index in [2.05, 4.69) is 0 Å². The van der Waals surface area contributed by atoms with Gasteiger partial charge in [-0.3, -0.25) is 0 Å². The highest BCUT2D eigenvalue weighted by Crippen LogP contribution is 2.36. The summed E-state index contributed by atoms with van der Waals surface area (Å²) in [7, 11) is 0. The Labute approximate surface area is 325 Å². The smallest absolute Gasteiger partial charge is 0.333 e. The SMILES string of the molecule is C/C=C(\C)C(=O)OC[C@@H]1O[C@@H](O[C@@H]2O[C@@H](CO)[C@H](OC(=O)/C(C)=C/C)[C@@H](O)[C@@H]2O[C@H]2O[C@@H](CO)[C@H](O)[C@@H](O)[C@@H]2O)[C@@H](O[C@H]2O[C@@H](CO)[C@H](O)[C@@H](O)[C@@H]2O)[C@H](O)[C@H]1O. The maximum absolute atomic E-state index is 12.8. The van der Waals surface area contributed by atoms with Gasteiger partial charge in [0.1, 0.15) is 98.2 Å². The van der Waals surface area contributed by atoms with Crippen LogP contribution in [0, 0.1) is 0 Å². The van der Waals surface area contributed by atoms with E-state index in [4.69, 9.17) is 42.6 Å². The minimum absolute atomic E-state index is 0.0800. The van der Waals surface area contributed by atoms with E-state index >= 15 is 0 Å². The Kier molecular flexibility index (Phi) is 17.2. The quantitative estimate of drug-likeness (QED) is 0.0572. The van der Waals surface area contributed by atoms with Crippen molar-refractivity contribution in [3.05, 3.63) is 23.3 Å². The summed E-state index contributed by atoms with van der Waals surface area (Å²) in [6.45, 7) is 2.51. The molecule has 4 rings (SSSR count). The summed E-state index contributed by atoms with van der Waals surface area (Å²) in [5, 5.41) is 127. The third-order valence-corrected chi connectivity index (χ3v) is 10.1. The molecule has 57 heavy (non-hydrogen) atoms. The first-order valence-corrected chi connectivity index (χ1v) is 18.1. The van der Waals surface area contributed by atoms with Gasteiger partial charge in [-0.1, -0.05) is 12.2 Å². The van der Waals surface area contributed by atoms with Crippen molar-refractivity contribution in [1.29, 1.82) is 0 Å². The van der Waals surface area contributed by atoms with Gasteiger partial charge in [0.25, 0.3) is 0 Å². The zero-order chi connectivity index (χ0) is 42.5. The summed E-state index contributed by atoms with van der Waals surface area (Å²) in [6, 6.07) is 0. The summed E-state index contributed by atoms with van der Waals surface area (Å²) in [5.74, 6) is -1.79. The lowest BCUT2D eigenvalue weighted by Gasteiger charge is -2.49. The zero-order valence-corrected chi connectivity index (χ0v) is 31.4. The molecule has 0 saturated carbocycles. The number of esters is 2. The number of aliphatic hydroxyl groups excluding tert-OH is 12. The van der Waals surface area contributed by atoms with E-state index in [1.165, 1.54) is 32.9 Å². The molecular formula is C34H54O23. The molecule has 328 valence electrons. The lowest BCUT2D eigenvalue weighted by molar-refractivity contribution is -0.414. The number of allylic oxidation sites excluding steroid dienone is 2. The number of ether oxygens (including phenoxy) is 9. The molecule has 0 radical (unpaired) electrons.